The third-order valence-corrected chi connectivity index (χ3v) is 20.3. The van der Waals surface area contributed by atoms with Gasteiger partial charge >= 0.3 is 30.5 Å². The van der Waals surface area contributed by atoms with E-state index in [1.807, 2.05) is 34.6 Å². The van der Waals surface area contributed by atoms with Crippen molar-refractivity contribution in [3.8, 4) is 0 Å². The van der Waals surface area contributed by atoms with E-state index in [4.69, 9.17) is 35.3 Å². The number of nitrogens with zero attached hydrogens (tertiary/aromatic N) is 14. The molecular weight excluding hydrogens is 1680 g/mol. The summed E-state index contributed by atoms with van der Waals surface area (Å²) in [5.41, 5.74) is 4.30. The van der Waals surface area contributed by atoms with Gasteiger partial charge in [-0.1, -0.05) is 64.7 Å². The molecule has 0 unspecified atom stereocenters. The smallest absolute Gasteiger partial charge is 0.414 e. The highest BCUT2D eigenvalue weighted by molar-refractivity contribution is 7.13. The molecule has 36 nitrogen and oxygen atoms in total. The van der Waals surface area contributed by atoms with Gasteiger partial charge in [0.25, 0.3) is 34.7 Å². The minimum Gasteiger partial charge on any atom is -0.619 e. The van der Waals surface area contributed by atoms with Crippen LogP contribution in [0.25, 0.3) is 0 Å². The fourth-order valence-electron chi connectivity index (χ4n) is 12.1. The largest absolute Gasteiger partial charge is 0.619 e. The van der Waals surface area contributed by atoms with Crippen LogP contribution in [-0.2, 0) is 23.7 Å². The van der Waals surface area contributed by atoms with E-state index in [0.29, 0.717) is 114 Å². The number of aromatic nitrogens is 9. The Morgan fingerprint density at radius 3 is 1.15 bits per heavy atom. The first kappa shape index (κ1) is 91.2. The Kier molecular flexibility index (Phi) is 30.9. The normalized spacial score (nSPS) is 16.7. The van der Waals surface area contributed by atoms with Crippen molar-refractivity contribution in [2.24, 2.45) is 0 Å². The molecule has 0 saturated carbocycles. The van der Waals surface area contributed by atoms with E-state index in [0.717, 1.165) is 48.0 Å². The van der Waals surface area contributed by atoms with Gasteiger partial charge in [0.15, 0.2) is 6.20 Å². The molecule has 5 aromatic carbocycles. The van der Waals surface area contributed by atoms with Gasteiger partial charge in [0.1, 0.15) is 88.3 Å². The molecule has 0 bridgehead atoms. The van der Waals surface area contributed by atoms with Crippen LogP contribution in [0.1, 0.15) is 133 Å². The number of amides is 10. The highest BCUT2D eigenvalue weighted by atomic mass is 35.5. The summed E-state index contributed by atoms with van der Waals surface area (Å²) in [5.74, 6) is -6.82. The number of anilines is 10. The maximum atomic E-state index is 14.5. The molecule has 5 aliphatic heterocycles. The quantitative estimate of drug-likeness (QED) is 0.0147. The van der Waals surface area contributed by atoms with Crippen molar-refractivity contribution < 1.29 is 103 Å². The Morgan fingerprint density at radius 1 is 0.488 bits per heavy atom. The molecule has 15 rings (SSSR count). The Balaban J connectivity index is 0.000000161. The SMILES string of the molecule is C.CC[C@H]1CN(c2ccc(C(=O)N(CC)c3nncs3)c(F)c2)C(=O)O1.CC[C@H]1CN(c2ccc(C(=O)Nc3ccc(Cl)[n+]([O-])c3)c(F)c2)C(=O)O1.CC[C@H]1CN(c2ccc(C(=O)Nc3ccc[n+]([O-])c3)c(F)c2)C(=O)O1.CC[C@H]1CN(c2ccc(C(=O)Nc3ncn[nH]3)c(F)c2)C(=O)O1.CC[C@H]1CN(c2ccc(C(=O)Nc3nncs3)c(F)c2)C(=O)O1. The van der Waals surface area contributed by atoms with Crippen LogP contribution in [-0.4, -0.2) is 165 Å². The Bertz CT molecular complexity index is 5380. The third kappa shape index (κ3) is 22.7. The second-order valence-electron chi connectivity index (χ2n) is 26.6. The van der Waals surface area contributed by atoms with Crippen LogP contribution < -0.4 is 60.1 Å². The summed E-state index contributed by atoms with van der Waals surface area (Å²) in [6.45, 7) is 13.4. The maximum absolute atomic E-state index is 14.5. The molecular formula is C79H79ClF5N19O17S2. The third-order valence-electron chi connectivity index (χ3n) is 18.7. The zero-order valence-electron chi connectivity index (χ0n) is 65.4. The molecule has 5 fully saturated rings. The summed E-state index contributed by atoms with van der Waals surface area (Å²) >= 11 is 7.94. The number of carbonyl (C=O) groups excluding carboxylic acids is 10. The average molecular weight is 1760 g/mol. The maximum Gasteiger partial charge on any atom is 0.414 e. The molecule has 0 radical (unpaired) electrons. The van der Waals surface area contributed by atoms with Gasteiger partial charge in [0.2, 0.25) is 28.6 Å². The Labute approximate surface area is 710 Å². The van der Waals surface area contributed by atoms with E-state index in [1.165, 1.54) is 149 Å². The van der Waals surface area contributed by atoms with Gasteiger partial charge in [-0.2, -0.15) is 19.5 Å². The number of hydrogen-bond donors (Lipinski definition) is 5. The second-order valence-corrected chi connectivity index (χ2v) is 28.7. The lowest BCUT2D eigenvalue weighted by Gasteiger charge is -2.18. The van der Waals surface area contributed by atoms with Gasteiger partial charge in [0, 0.05) is 18.7 Å². The van der Waals surface area contributed by atoms with Crippen molar-refractivity contribution in [3.63, 3.8) is 0 Å². The molecule has 5 saturated heterocycles. The predicted octanol–water partition coefficient (Wildman–Crippen LogP) is 13.9. The van der Waals surface area contributed by atoms with Gasteiger partial charge in [-0.05, 0) is 154 Å². The Morgan fingerprint density at radius 2 is 0.846 bits per heavy atom. The van der Waals surface area contributed by atoms with Crippen LogP contribution in [0.2, 0.25) is 5.15 Å². The first-order valence-electron chi connectivity index (χ1n) is 37.5. The number of H-pyrrole nitrogens is 1. The standard InChI is InChI=1S/C17H15ClFN3O4.C17H16FN3O4.C16H17FN4O3S.C14H14FN5O3.C14H13FN4O3S.CH4/c1-2-12-9-21(17(24)26-12)11-4-5-13(14(19)7-11)16(23)20-10-3-6-15(18)22(25)8-10;1-2-13-10-21(17(23)25-13)12-5-6-14(15(18)8-12)16(22)19-11-4-3-7-20(24)9-11;1-3-11-8-21(16(23)24-11)10-5-6-12(13(17)7-10)14(22)20(4-2)15-19-18-9-25-15;1-2-9-6-20(14(22)23-9)8-3-4-10(11(15)5-8)12(21)18-13-16-7-17-19-13;1-2-9-6-19(14(21)22-9)8-3-4-10(11(15)5-8)12(20)17-13-18-16-7-23-13;/h3-8,12H,2,9H2,1H3,(H,20,23);3-9,13H,2,10H2,1H3,(H,19,22);5-7,9,11H,3-4,8H2,1-2H3;3-5,7,9H,2,6H2,1H3,(H2,16,17,18,19,21);3-5,7,9H,2,6H2,1H3,(H,17,18,20);1H4/t12-;13-;11-;2*9-;/m00000./s1. The molecule has 10 amide bonds. The van der Waals surface area contributed by atoms with Crippen LogP contribution in [0.15, 0.2) is 151 Å². The number of benzene rings is 5. The highest BCUT2D eigenvalue weighted by Gasteiger charge is 2.38. The molecule has 5 aliphatic rings. The van der Waals surface area contributed by atoms with Gasteiger partial charge in [-0.25, -0.2) is 51.0 Å². The number of pyridine rings is 2. The number of nitrogens with one attached hydrogen (secondary N) is 5. The van der Waals surface area contributed by atoms with Gasteiger partial charge < -0.3 is 44.7 Å². The van der Waals surface area contributed by atoms with Crippen LogP contribution in [0.4, 0.5) is 102 Å². The molecule has 5 aromatic heterocycles. The number of hydrogen-bond acceptors (Lipinski definition) is 25. The van der Waals surface area contributed by atoms with Crippen molar-refractivity contribution in [2.75, 3.05) is 89.9 Å². The van der Waals surface area contributed by atoms with Crippen LogP contribution in [0, 0.1) is 39.5 Å². The van der Waals surface area contributed by atoms with E-state index in [1.54, 1.807) is 13.0 Å². The summed E-state index contributed by atoms with van der Waals surface area (Å²) < 4.78 is 98.3. The average Bonchev–Trinajstić information content (AvgIpc) is 1.77. The number of carbonyl (C=O) groups is 10. The van der Waals surface area contributed by atoms with Crippen LogP contribution in [0.5, 0.6) is 0 Å². The number of cyclic esters (lactones) is 5. The molecule has 10 heterocycles. The van der Waals surface area contributed by atoms with E-state index in [2.05, 4.69) is 56.8 Å². The first-order chi connectivity index (χ1) is 58.6. The summed E-state index contributed by atoms with van der Waals surface area (Å²) in [6, 6.07) is 25.5. The lowest BCUT2D eigenvalue weighted by atomic mass is 10.1. The van der Waals surface area contributed by atoms with Crippen molar-refractivity contribution in [2.45, 2.75) is 112 Å². The summed E-state index contributed by atoms with van der Waals surface area (Å²) in [7, 11) is 0. The molecule has 5 N–H and O–H groups in total. The topological polar surface area (TPSA) is 431 Å². The van der Waals surface area contributed by atoms with Gasteiger partial charge in [0.05, 0.1) is 89.0 Å². The lowest BCUT2D eigenvalue weighted by molar-refractivity contribution is -0.604. The van der Waals surface area contributed by atoms with E-state index < -0.39 is 89.1 Å². The molecule has 0 spiro atoms. The predicted molar refractivity (Wildman–Crippen MR) is 439 cm³/mol. The molecule has 646 valence electrons. The van der Waals surface area contributed by atoms with Gasteiger partial charge in [-0.15, -0.1) is 20.4 Å². The van der Waals surface area contributed by atoms with Crippen molar-refractivity contribution in [1.82, 2.24) is 35.6 Å². The van der Waals surface area contributed by atoms with Crippen LogP contribution >= 0.6 is 34.3 Å². The minimum absolute atomic E-state index is 0. The Hall–Kier alpha value is -14.1. The van der Waals surface area contributed by atoms with E-state index in [9.17, 15) is 80.3 Å². The molecule has 5 atom stereocenters. The van der Waals surface area contributed by atoms with Crippen LogP contribution in [0.3, 0.4) is 0 Å². The zero-order chi connectivity index (χ0) is 87.6. The van der Waals surface area contributed by atoms with Gasteiger partial charge in [-0.3, -0.25) is 64.0 Å². The lowest BCUT2D eigenvalue weighted by Crippen LogP contribution is -2.31. The molecule has 10 aromatic rings. The van der Waals surface area contributed by atoms with Crippen molar-refractivity contribution in [1.29, 1.82) is 0 Å². The van der Waals surface area contributed by atoms with E-state index in [-0.39, 0.29) is 93.4 Å². The monoisotopic (exact) mass is 1760 g/mol. The highest BCUT2D eigenvalue weighted by Crippen LogP contribution is 2.33. The van der Waals surface area contributed by atoms with Crippen molar-refractivity contribution >= 4 is 150 Å². The molecule has 123 heavy (non-hydrogen) atoms. The molecule has 0 aliphatic carbocycles. The zero-order valence-corrected chi connectivity index (χ0v) is 67.8. The number of halogens is 6. The molecule has 44 heteroatoms. The number of aromatic amines is 1. The van der Waals surface area contributed by atoms with E-state index >= 15 is 0 Å². The fraction of sp³-hybridized carbons (Fsp3) is 0.291. The first-order valence-corrected chi connectivity index (χ1v) is 39.6. The summed E-state index contributed by atoms with van der Waals surface area (Å²) in [5, 5.41) is 53.8. The number of rotatable bonds is 21. The fourth-order valence-corrected chi connectivity index (χ4v) is 13.3. The van der Waals surface area contributed by atoms with Crippen molar-refractivity contribution in [3.05, 3.63) is 224 Å². The second kappa shape index (κ2) is 41.7. The summed E-state index contributed by atoms with van der Waals surface area (Å²) in [4.78, 5) is 132. The summed E-state index contributed by atoms with van der Waals surface area (Å²) in [6.07, 6.45) is 4.41. The number of ether oxygens (including phenoxy) is 5. The minimum atomic E-state index is -0.795.